The van der Waals surface area contributed by atoms with Crippen molar-refractivity contribution in [3.63, 3.8) is 0 Å². The summed E-state index contributed by atoms with van der Waals surface area (Å²) >= 11 is 0. The van der Waals surface area contributed by atoms with Crippen LogP contribution in [-0.2, 0) is 26.0 Å². The molecule has 174 valence electrons. The number of fused-ring (bicyclic) bond motifs is 1. The van der Waals surface area contributed by atoms with Gasteiger partial charge in [0.05, 0.1) is 11.4 Å². The van der Waals surface area contributed by atoms with Crippen LogP contribution in [0.4, 0.5) is 11.4 Å². The number of carbonyl (C=O) groups excluding carboxylic acids is 3. The lowest BCUT2D eigenvalue weighted by Gasteiger charge is -2.23. The number of amides is 2. The van der Waals surface area contributed by atoms with Gasteiger partial charge in [-0.25, -0.2) is 8.42 Å². The van der Waals surface area contributed by atoms with Crippen LogP contribution in [0.3, 0.4) is 0 Å². The molecule has 0 radical (unpaired) electrons. The average molecular weight is 470 g/mol. The number of rotatable bonds is 7. The van der Waals surface area contributed by atoms with E-state index in [4.69, 9.17) is 0 Å². The van der Waals surface area contributed by atoms with E-state index in [-0.39, 0.29) is 35.1 Å². The topological polar surface area (TPSA) is 104 Å². The number of Topliss-reactive ketones (excluding diaryl/α,β-unsaturated/α-hetero) is 1. The number of nitrogens with zero attached hydrogens (tertiary/aromatic N) is 2. The highest BCUT2D eigenvalue weighted by Crippen LogP contribution is 2.39. The number of nitrogens with one attached hydrogen (secondary N) is 1. The molecule has 1 unspecified atom stereocenters. The molecule has 1 heterocycles. The van der Waals surface area contributed by atoms with Crippen LogP contribution >= 0.6 is 0 Å². The number of likely N-dealkylation sites (N-methyl/N-ethyl adjacent to an activating group) is 1. The summed E-state index contributed by atoms with van der Waals surface area (Å²) in [4.78, 5) is 38.5. The van der Waals surface area contributed by atoms with Crippen molar-refractivity contribution in [2.75, 3.05) is 23.8 Å². The van der Waals surface area contributed by atoms with Crippen molar-refractivity contribution < 1.29 is 22.8 Å². The van der Waals surface area contributed by atoms with E-state index in [1.807, 2.05) is 6.92 Å². The van der Waals surface area contributed by atoms with Crippen LogP contribution in [0.5, 0.6) is 0 Å². The standard InChI is InChI=1S/C24H27N3O5S/c1-15-11-19-13-21(9-10-22(19)27(15)24(30)17-7-8-17)33(31,32)26(3)14-23(29)25-20-6-4-5-18(12-20)16(2)28/h4-6,9-10,12-13,15,17H,7-8,11,14H2,1-3H3,(H,25,29). The number of anilines is 2. The number of benzene rings is 2. The molecule has 1 atom stereocenters. The zero-order valence-corrected chi connectivity index (χ0v) is 19.7. The first-order valence-corrected chi connectivity index (χ1v) is 12.3. The van der Waals surface area contributed by atoms with E-state index in [2.05, 4.69) is 5.32 Å². The quantitative estimate of drug-likeness (QED) is 0.628. The molecular weight excluding hydrogens is 442 g/mol. The monoisotopic (exact) mass is 469 g/mol. The number of hydrogen-bond acceptors (Lipinski definition) is 5. The molecule has 8 nitrogen and oxygen atoms in total. The third-order valence-electron chi connectivity index (χ3n) is 6.06. The summed E-state index contributed by atoms with van der Waals surface area (Å²) < 4.78 is 27.2. The second kappa shape index (κ2) is 8.72. The number of hydrogen-bond donors (Lipinski definition) is 1. The zero-order valence-electron chi connectivity index (χ0n) is 18.9. The van der Waals surface area contributed by atoms with Crippen LogP contribution in [0.25, 0.3) is 0 Å². The van der Waals surface area contributed by atoms with Crippen molar-refractivity contribution in [3.8, 4) is 0 Å². The summed E-state index contributed by atoms with van der Waals surface area (Å²) in [5.41, 5.74) is 2.46. The van der Waals surface area contributed by atoms with Crippen molar-refractivity contribution in [2.45, 2.75) is 44.0 Å². The summed E-state index contributed by atoms with van der Waals surface area (Å²) in [7, 11) is -2.57. The smallest absolute Gasteiger partial charge is 0.243 e. The fourth-order valence-electron chi connectivity index (χ4n) is 4.11. The Balaban J connectivity index is 1.47. The SMILES string of the molecule is CC(=O)c1cccc(NC(=O)CN(C)S(=O)(=O)c2ccc3c(c2)CC(C)N3C(=O)C2CC2)c1. The minimum atomic E-state index is -3.91. The Morgan fingerprint density at radius 2 is 1.85 bits per heavy atom. The van der Waals surface area contributed by atoms with E-state index < -0.39 is 15.9 Å². The summed E-state index contributed by atoms with van der Waals surface area (Å²) in [6, 6.07) is 11.2. The largest absolute Gasteiger partial charge is 0.325 e. The maximum absolute atomic E-state index is 13.1. The van der Waals surface area contributed by atoms with E-state index in [0.717, 1.165) is 28.4 Å². The van der Waals surface area contributed by atoms with Gasteiger partial charge < -0.3 is 10.2 Å². The van der Waals surface area contributed by atoms with Gasteiger partial charge in [0.1, 0.15) is 0 Å². The number of sulfonamides is 1. The zero-order chi connectivity index (χ0) is 23.9. The minimum Gasteiger partial charge on any atom is -0.325 e. The van der Waals surface area contributed by atoms with Crippen LogP contribution < -0.4 is 10.2 Å². The molecule has 4 rings (SSSR count). The molecule has 2 aromatic rings. The highest BCUT2D eigenvalue weighted by molar-refractivity contribution is 7.89. The van der Waals surface area contributed by atoms with Crippen molar-refractivity contribution in [2.24, 2.45) is 5.92 Å². The summed E-state index contributed by atoms with van der Waals surface area (Å²) in [6.45, 7) is 3.01. The first kappa shape index (κ1) is 23.1. The Morgan fingerprint density at radius 3 is 2.52 bits per heavy atom. The molecule has 1 N–H and O–H groups in total. The first-order valence-electron chi connectivity index (χ1n) is 10.9. The van der Waals surface area contributed by atoms with Gasteiger partial charge in [-0.3, -0.25) is 14.4 Å². The second-order valence-corrected chi connectivity index (χ2v) is 10.8. The molecule has 33 heavy (non-hydrogen) atoms. The van der Waals surface area contributed by atoms with E-state index in [1.165, 1.54) is 20.0 Å². The first-order chi connectivity index (χ1) is 15.6. The van der Waals surface area contributed by atoms with Gasteiger partial charge in [0.25, 0.3) is 0 Å². The van der Waals surface area contributed by atoms with Gasteiger partial charge in [-0.2, -0.15) is 4.31 Å². The highest BCUT2D eigenvalue weighted by Gasteiger charge is 2.40. The second-order valence-electron chi connectivity index (χ2n) is 8.77. The Bertz CT molecular complexity index is 1240. The van der Waals surface area contributed by atoms with Crippen LogP contribution in [0.1, 0.15) is 42.6 Å². The normalized spacial score (nSPS) is 17.7. The van der Waals surface area contributed by atoms with E-state index in [0.29, 0.717) is 17.7 Å². The lowest BCUT2D eigenvalue weighted by Crippen LogP contribution is -2.36. The summed E-state index contributed by atoms with van der Waals surface area (Å²) in [6.07, 6.45) is 2.42. The van der Waals surface area contributed by atoms with E-state index in [1.54, 1.807) is 41.3 Å². The summed E-state index contributed by atoms with van der Waals surface area (Å²) in [5.74, 6) is -0.450. The van der Waals surface area contributed by atoms with Gasteiger partial charge in [0.15, 0.2) is 5.78 Å². The van der Waals surface area contributed by atoms with Gasteiger partial charge in [0.2, 0.25) is 21.8 Å². The molecule has 1 aliphatic carbocycles. The predicted octanol–water partition coefficient (Wildman–Crippen LogP) is 2.84. The fourth-order valence-corrected chi connectivity index (χ4v) is 5.29. The van der Waals surface area contributed by atoms with Gasteiger partial charge in [-0.15, -0.1) is 0 Å². The molecule has 0 aromatic heterocycles. The van der Waals surface area contributed by atoms with Gasteiger partial charge in [0, 0.05) is 35.9 Å². The Hall–Kier alpha value is -3.04. The van der Waals surface area contributed by atoms with Gasteiger partial charge in [-0.05, 0) is 69.0 Å². The van der Waals surface area contributed by atoms with Crippen LogP contribution in [0.2, 0.25) is 0 Å². The Kier molecular flexibility index (Phi) is 6.11. The molecule has 2 amide bonds. The third-order valence-corrected chi connectivity index (χ3v) is 7.86. The fraction of sp³-hybridized carbons (Fsp3) is 0.375. The number of carbonyl (C=O) groups is 3. The molecule has 1 fully saturated rings. The lowest BCUT2D eigenvalue weighted by molar-refractivity contribution is -0.120. The maximum Gasteiger partial charge on any atom is 0.243 e. The predicted molar refractivity (Wildman–Crippen MR) is 125 cm³/mol. The molecular formula is C24H27N3O5S. The van der Waals surface area contributed by atoms with Crippen molar-refractivity contribution in [1.82, 2.24) is 4.31 Å². The van der Waals surface area contributed by atoms with Gasteiger partial charge in [-0.1, -0.05) is 12.1 Å². The minimum absolute atomic E-state index is 0.0136. The molecule has 1 aliphatic heterocycles. The van der Waals surface area contributed by atoms with Crippen LogP contribution in [0, 0.1) is 5.92 Å². The maximum atomic E-state index is 13.1. The van der Waals surface area contributed by atoms with Crippen LogP contribution in [-0.4, -0.2) is 50.0 Å². The molecule has 1 saturated carbocycles. The molecule has 9 heteroatoms. The van der Waals surface area contributed by atoms with E-state index in [9.17, 15) is 22.8 Å². The molecule has 2 aromatic carbocycles. The number of ketones is 1. The van der Waals surface area contributed by atoms with Gasteiger partial charge >= 0.3 is 0 Å². The third kappa shape index (κ3) is 4.69. The van der Waals surface area contributed by atoms with Crippen molar-refractivity contribution in [3.05, 3.63) is 53.6 Å². The molecule has 0 spiro atoms. The highest BCUT2D eigenvalue weighted by atomic mass is 32.2. The summed E-state index contributed by atoms with van der Waals surface area (Å²) in [5, 5.41) is 2.63. The Morgan fingerprint density at radius 1 is 1.12 bits per heavy atom. The average Bonchev–Trinajstić information content (AvgIpc) is 3.55. The molecule has 0 bridgehead atoms. The molecule has 2 aliphatic rings. The lowest BCUT2D eigenvalue weighted by atomic mass is 10.1. The van der Waals surface area contributed by atoms with Crippen LogP contribution in [0.15, 0.2) is 47.4 Å². The van der Waals surface area contributed by atoms with E-state index >= 15 is 0 Å². The van der Waals surface area contributed by atoms with Crippen molar-refractivity contribution >= 4 is 39.0 Å². The Labute approximate surface area is 193 Å². The van der Waals surface area contributed by atoms with Crippen molar-refractivity contribution in [1.29, 1.82) is 0 Å². The molecule has 0 saturated heterocycles.